The van der Waals surface area contributed by atoms with Gasteiger partial charge < -0.3 is 5.32 Å². The summed E-state index contributed by atoms with van der Waals surface area (Å²) in [6.45, 7) is 8.01. The van der Waals surface area contributed by atoms with E-state index in [1.807, 2.05) is 88.4 Å². The molecule has 1 amide bonds. The average molecular weight is 431 g/mol. The quantitative estimate of drug-likeness (QED) is 0.427. The molecule has 1 N–H and O–H groups in total. The summed E-state index contributed by atoms with van der Waals surface area (Å²) in [4.78, 5) is 17.5. The number of rotatable bonds is 4. The summed E-state index contributed by atoms with van der Waals surface area (Å²) in [5, 5.41) is 8.05. The normalized spacial score (nSPS) is 10.9. The van der Waals surface area contributed by atoms with Gasteiger partial charge in [0.2, 0.25) is 5.82 Å². The predicted octanol–water partition coefficient (Wildman–Crippen LogP) is 6.07. The molecule has 0 saturated heterocycles. The summed E-state index contributed by atoms with van der Waals surface area (Å²) < 4.78 is 1.66. The zero-order valence-corrected chi connectivity index (χ0v) is 18.7. The molecule has 0 saturated carbocycles. The minimum Gasteiger partial charge on any atom is -0.319 e. The minimum atomic E-state index is -0.367. The molecule has 0 spiro atoms. The zero-order valence-electron chi connectivity index (χ0n) is 17.9. The van der Waals surface area contributed by atoms with E-state index in [4.69, 9.17) is 11.6 Å². The van der Waals surface area contributed by atoms with Gasteiger partial charge in [-0.15, -0.1) is 5.10 Å². The maximum absolute atomic E-state index is 12.9. The Balaban J connectivity index is 1.76. The van der Waals surface area contributed by atoms with E-state index in [-0.39, 0.29) is 11.7 Å². The van der Waals surface area contributed by atoms with Gasteiger partial charge >= 0.3 is 0 Å². The Kier molecular flexibility index (Phi) is 5.61. The Bertz CT molecular complexity index is 1280. The van der Waals surface area contributed by atoms with E-state index in [1.54, 1.807) is 4.68 Å². The summed E-state index contributed by atoms with van der Waals surface area (Å²) in [7, 11) is 0. The van der Waals surface area contributed by atoms with Crippen LogP contribution in [-0.4, -0.2) is 20.7 Å². The first-order valence-corrected chi connectivity index (χ1v) is 10.4. The van der Waals surface area contributed by atoms with Gasteiger partial charge in [0.25, 0.3) is 5.91 Å². The largest absolute Gasteiger partial charge is 0.319 e. The number of aryl methyl sites for hydroxylation is 4. The van der Waals surface area contributed by atoms with Crippen molar-refractivity contribution in [3.8, 4) is 17.1 Å². The van der Waals surface area contributed by atoms with Crippen LogP contribution in [0.25, 0.3) is 17.1 Å². The van der Waals surface area contributed by atoms with Crippen LogP contribution in [-0.2, 0) is 0 Å². The summed E-state index contributed by atoms with van der Waals surface area (Å²) in [5.74, 6) is 0.296. The van der Waals surface area contributed by atoms with Gasteiger partial charge in [-0.25, -0.2) is 9.67 Å². The van der Waals surface area contributed by atoms with Crippen LogP contribution in [0.1, 0.15) is 32.9 Å². The Morgan fingerprint density at radius 1 is 0.871 bits per heavy atom. The van der Waals surface area contributed by atoms with Gasteiger partial charge in [-0.1, -0.05) is 53.6 Å². The molecule has 0 fully saturated rings. The van der Waals surface area contributed by atoms with E-state index < -0.39 is 0 Å². The lowest BCUT2D eigenvalue weighted by molar-refractivity contribution is 0.101. The Morgan fingerprint density at radius 3 is 2.26 bits per heavy atom. The van der Waals surface area contributed by atoms with Crippen molar-refractivity contribution in [1.29, 1.82) is 0 Å². The van der Waals surface area contributed by atoms with Crippen LogP contribution in [0.5, 0.6) is 0 Å². The minimum absolute atomic E-state index is 0.0884. The molecule has 5 nitrogen and oxygen atoms in total. The molecule has 0 unspecified atom stereocenters. The van der Waals surface area contributed by atoms with Crippen LogP contribution in [0.15, 0.2) is 60.7 Å². The first kappa shape index (κ1) is 20.8. The highest BCUT2D eigenvalue weighted by molar-refractivity contribution is 6.31. The Hall–Kier alpha value is -3.44. The number of nitrogens with zero attached hydrogens (tertiary/aromatic N) is 3. The van der Waals surface area contributed by atoms with Gasteiger partial charge in [0.15, 0.2) is 5.82 Å². The number of halogens is 1. The lowest BCUT2D eigenvalue weighted by Gasteiger charge is -2.08. The van der Waals surface area contributed by atoms with E-state index in [0.717, 1.165) is 27.9 Å². The van der Waals surface area contributed by atoms with Gasteiger partial charge in [-0.2, -0.15) is 0 Å². The highest BCUT2D eigenvalue weighted by Gasteiger charge is 2.19. The van der Waals surface area contributed by atoms with Gasteiger partial charge in [0.1, 0.15) is 0 Å². The second-order valence-electron chi connectivity index (χ2n) is 7.72. The summed E-state index contributed by atoms with van der Waals surface area (Å²) >= 11 is 6.35. The maximum atomic E-state index is 12.9. The molecule has 1 aromatic heterocycles. The molecule has 1 heterocycles. The molecule has 0 aliphatic carbocycles. The Labute approximate surface area is 186 Å². The molecule has 3 aromatic carbocycles. The molecule has 4 rings (SSSR count). The van der Waals surface area contributed by atoms with E-state index in [0.29, 0.717) is 16.5 Å². The second-order valence-corrected chi connectivity index (χ2v) is 8.13. The zero-order chi connectivity index (χ0) is 22.1. The molecular weight excluding hydrogens is 408 g/mol. The second kappa shape index (κ2) is 8.36. The van der Waals surface area contributed by atoms with Crippen LogP contribution < -0.4 is 5.32 Å². The van der Waals surface area contributed by atoms with Crippen LogP contribution in [0.2, 0.25) is 5.02 Å². The molecule has 0 aliphatic heterocycles. The SMILES string of the molecule is Cc1ccc(-c2nc(C(=O)Nc3ccc(C)c(C)c3)nn2-c2ccc(C)c(Cl)c2)cc1. The molecule has 4 aromatic rings. The standard InChI is InChI=1S/C25H23ClN4O/c1-15-5-9-19(10-6-15)24-28-23(25(31)27-20-11-7-16(2)18(4)13-20)29-30(24)21-12-8-17(3)22(26)14-21/h5-14H,1-4H3,(H,27,31). The Morgan fingerprint density at radius 2 is 1.58 bits per heavy atom. The molecule has 0 radical (unpaired) electrons. The highest BCUT2D eigenvalue weighted by Crippen LogP contribution is 2.25. The number of benzene rings is 3. The van der Waals surface area contributed by atoms with Crippen LogP contribution >= 0.6 is 11.6 Å². The van der Waals surface area contributed by atoms with Gasteiger partial charge in [0.05, 0.1) is 5.69 Å². The van der Waals surface area contributed by atoms with E-state index in [2.05, 4.69) is 15.4 Å². The third-order valence-electron chi connectivity index (χ3n) is 5.28. The summed E-state index contributed by atoms with van der Waals surface area (Å²) in [6.07, 6.45) is 0. The molecule has 156 valence electrons. The molecule has 31 heavy (non-hydrogen) atoms. The monoisotopic (exact) mass is 430 g/mol. The summed E-state index contributed by atoms with van der Waals surface area (Å²) in [5.41, 5.74) is 6.68. The van der Waals surface area contributed by atoms with Crippen LogP contribution in [0, 0.1) is 27.7 Å². The first-order chi connectivity index (χ1) is 14.8. The fourth-order valence-corrected chi connectivity index (χ4v) is 3.37. The third kappa shape index (κ3) is 4.37. The van der Waals surface area contributed by atoms with Crippen molar-refractivity contribution >= 4 is 23.2 Å². The molecule has 6 heteroatoms. The van der Waals surface area contributed by atoms with Gasteiger partial charge in [-0.05, 0) is 68.7 Å². The van der Waals surface area contributed by atoms with Crippen molar-refractivity contribution in [2.45, 2.75) is 27.7 Å². The third-order valence-corrected chi connectivity index (χ3v) is 5.69. The van der Waals surface area contributed by atoms with Crippen LogP contribution in [0.3, 0.4) is 0 Å². The van der Waals surface area contributed by atoms with Crippen molar-refractivity contribution in [1.82, 2.24) is 14.8 Å². The van der Waals surface area contributed by atoms with Crippen molar-refractivity contribution in [3.63, 3.8) is 0 Å². The number of hydrogen-bond acceptors (Lipinski definition) is 3. The summed E-state index contributed by atoms with van der Waals surface area (Å²) in [6, 6.07) is 19.4. The lowest BCUT2D eigenvalue weighted by Crippen LogP contribution is -2.14. The topological polar surface area (TPSA) is 59.8 Å². The highest BCUT2D eigenvalue weighted by atomic mass is 35.5. The number of amides is 1. The average Bonchev–Trinajstić information content (AvgIpc) is 3.19. The number of aromatic nitrogens is 3. The number of hydrogen-bond donors (Lipinski definition) is 1. The molecule has 0 bridgehead atoms. The number of carbonyl (C=O) groups is 1. The first-order valence-electron chi connectivity index (χ1n) is 10.0. The number of carbonyl (C=O) groups excluding carboxylic acids is 1. The lowest BCUT2D eigenvalue weighted by atomic mass is 10.1. The van der Waals surface area contributed by atoms with E-state index in [1.165, 1.54) is 5.56 Å². The fourth-order valence-electron chi connectivity index (χ4n) is 3.20. The van der Waals surface area contributed by atoms with Crippen molar-refractivity contribution < 1.29 is 4.79 Å². The van der Waals surface area contributed by atoms with Crippen LogP contribution in [0.4, 0.5) is 5.69 Å². The molecular formula is C25H23ClN4O. The van der Waals surface area contributed by atoms with E-state index >= 15 is 0 Å². The number of anilines is 1. The van der Waals surface area contributed by atoms with Crippen molar-refractivity contribution in [2.75, 3.05) is 5.32 Å². The molecule has 0 aliphatic rings. The van der Waals surface area contributed by atoms with Crippen molar-refractivity contribution in [2.24, 2.45) is 0 Å². The molecule has 0 atom stereocenters. The number of nitrogens with one attached hydrogen (secondary N) is 1. The smallest absolute Gasteiger partial charge is 0.295 e. The fraction of sp³-hybridized carbons (Fsp3) is 0.160. The van der Waals surface area contributed by atoms with E-state index in [9.17, 15) is 4.79 Å². The van der Waals surface area contributed by atoms with Crippen molar-refractivity contribution in [3.05, 3.63) is 93.8 Å². The van der Waals surface area contributed by atoms with Gasteiger partial charge in [-0.3, -0.25) is 4.79 Å². The van der Waals surface area contributed by atoms with Gasteiger partial charge in [0, 0.05) is 16.3 Å². The predicted molar refractivity (Wildman–Crippen MR) is 125 cm³/mol. The maximum Gasteiger partial charge on any atom is 0.295 e.